The van der Waals surface area contributed by atoms with Crippen LogP contribution in [0.2, 0.25) is 5.04 Å². The molecule has 1 saturated heterocycles. The molecule has 2 aromatic carbocycles. The van der Waals surface area contributed by atoms with E-state index in [2.05, 4.69) is 65.9 Å². The Balaban J connectivity index is 1.52. The van der Waals surface area contributed by atoms with E-state index in [1.807, 2.05) is 36.4 Å². The molecule has 1 aliphatic rings. The number of aliphatic hydroxyl groups excluding tert-OH is 1. The molecular weight excluding hydrogens is 545 g/mol. The van der Waals surface area contributed by atoms with Gasteiger partial charge >= 0.3 is 12.2 Å². The molecule has 2 aromatic heterocycles. The first-order valence-electron chi connectivity index (χ1n) is 13.0. The number of halogens is 1. The van der Waals surface area contributed by atoms with Gasteiger partial charge < -0.3 is 24.7 Å². The van der Waals surface area contributed by atoms with Gasteiger partial charge in [-0.05, 0) is 15.4 Å². The maximum absolute atomic E-state index is 14.2. The van der Waals surface area contributed by atoms with Gasteiger partial charge in [0, 0.05) is 6.42 Å². The van der Waals surface area contributed by atoms with Gasteiger partial charge in [0.1, 0.15) is 12.3 Å². The van der Waals surface area contributed by atoms with Gasteiger partial charge in [0.05, 0.1) is 12.9 Å². The molecule has 4 aromatic rings. The average Bonchev–Trinajstić information content (AvgIpc) is 3.50. The molecule has 10 nitrogen and oxygen atoms in total. The molecule has 3 heterocycles. The van der Waals surface area contributed by atoms with Crippen molar-refractivity contribution >= 4 is 35.9 Å². The summed E-state index contributed by atoms with van der Waals surface area (Å²) in [4.78, 5) is 22.7. The zero-order valence-corrected chi connectivity index (χ0v) is 23.8. The number of nitrogens with zero attached hydrogens (tertiary/aromatic N) is 4. The van der Waals surface area contributed by atoms with Crippen molar-refractivity contribution in [2.24, 2.45) is 5.73 Å². The number of terminal acetylenes is 1. The Morgan fingerprint density at radius 2 is 1.80 bits per heavy atom. The Labute approximate surface area is 237 Å². The predicted molar refractivity (Wildman–Crippen MR) is 151 cm³/mol. The third-order valence-electron chi connectivity index (χ3n) is 7.34. The SMILES string of the molecule is C#C[C@]1(CO[Si](c2ccccc2)(c2ccccc2)C(C)(C)C)O[C@@H](n2cnc3c(OC(N)=O)nc(F)nc32)C[C@@H]1O. The first kappa shape index (κ1) is 28.4. The van der Waals surface area contributed by atoms with Gasteiger partial charge in [-0.2, -0.15) is 14.4 Å². The average molecular weight is 576 g/mol. The molecule has 0 unspecified atom stereocenters. The zero-order valence-electron chi connectivity index (χ0n) is 22.8. The summed E-state index contributed by atoms with van der Waals surface area (Å²) in [5.41, 5.74) is 3.51. The lowest BCUT2D eigenvalue weighted by Gasteiger charge is -2.44. The Hall–Kier alpha value is -4.15. The highest BCUT2D eigenvalue weighted by molar-refractivity contribution is 6.99. The van der Waals surface area contributed by atoms with E-state index in [4.69, 9.17) is 26.1 Å². The van der Waals surface area contributed by atoms with Crippen LogP contribution in [0.1, 0.15) is 33.4 Å². The van der Waals surface area contributed by atoms with Crippen LogP contribution >= 0.6 is 0 Å². The minimum Gasteiger partial charge on any atom is -0.403 e. The topological polar surface area (TPSA) is 135 Å². The van der Waals surface area contributed by atoms with Gasteiger partial charge in [0.15, 0.2) is 16.8 Å². The summed E-state index contributed by atoms with van der Waals surface area (Å²) in [6, 6.07) is 20.0. The summed E-state index contributed by atoms with van der Waals surface area (Å²) in [5.74, 6) is 2.21. The number of carbonyl (C=O) groups excluding carboxylic acids is 1. The maximum atomic E-state index is 14.2. The van der Waals surface area contributed by atoms with Crippen LogP contribution in [0.3, 0.4) is 0 Å². The number of imidazole rings is 1. The minimum atomic E-state index is -3.01. The third-order valence-corrected chi connectivity index (χ3v) is 12.3. The van der Waals surface area contributed by atoms with E-state index in [0.29, 0.717) is 0 Å². The van der Waals surface area contributed by atoms with Crippen molar-refractivity contribution < 1.29 is 28.2 Å². The summed E-state index contributed by atoms with van der Waals surface area (Å²) in [7, 11) is -3.01. The molecule has 0 spiro atoms. The van der Waals surface area contributed by atoms with Gasteiger partial charge in [0.2, 0.25) is 0 Å². The summed E-state index contributed by atoms with van der Waals surface area (Å²) in [6.45, 7) is 6.29. The van der Waals surface area contributed by atoms with Gasteiger partial charge in [-0.25, -0.2) is 9.78 Å². The molecule has 5 rings (SSSR count). The molecule has 3 atom stereocenters. The van der Waals surface area contributed by atoms with Gasteiger partial charge in [-0.15, -0.1) is 6.42 Å². The molecule has 41 heavy (non-hydrogen) atoms. The van der Waals surface area contributed by atoms with Crippen molar-refractivity contribution in [2.45, 2.75) is 50.2 Å². The Bertz CT molecular complexity index is 1570. The number of hydrogen-bond donors (Lipinski definition) is 2. The normalized spacial score (nSPS) is 21.1. The maximum Gasteiger partial charge on any atom is 0.411 e. The number of aromatic nitrogens is 4. The number of aliphatic hydroxyl groups is 1. The lowest BCUT2D eigenvalue weighted by atomic mass is 9.99. The highest BCUT2D eigenvalue weighted by Gasteiger charge is 2.54. The molecule has 0 bridgehead atoms. The van der Waals surface area contributed by atoms with E-state index < -0.39 is 44.3 Å². The highest BCUT2D eigenvalue weighted by Crippen LogP contribution is 2.42. The fourth-order valence-electron chi connectivity index (χ4n) is 5.44. The van der Waals surface area contributed by atoms with Crippen LogP contribution in [0.25, 0.3) is 11.2 Å². The molecule has 212 valence electrons. The van der Waals surface area contributed by atoms with Crippen LogP contribution in [-0.2, 0) is 9.16 Å². The predicted octanol–water partition coefficient (Wildman–Crippen LogP) is 2.65. The Morgan fingerprint density at radius 1 is 1.20 bits per heavy atom. The fourth-order valence-corrected chi connectivity index (χ4v) is 10.0. The summed E-state index contributed by atoms with van der Waals surface area (Å²) in [5, 5.41) is 13.1. The van der Waals surface area contributed by atoms with E-state index in [-0.39, 0.29) is 29.2 Å². The molecule has 0 saturated carbocycles. The van der Waals surface area contributed by atoms with Crippen molar-refractivity contribution in [2.75, 3.05) is 6.61 Å². The van der Waals surface area contributed by atoms with E-state index >= 15 is 0 Å². The van der Waals surface area contributed by atoms with E-state index in [1.54, 1.807) is 0 Å². The molecule has 1 amide bonds. The number of primary amides is 1. The van der Waals surface area contributed by atoms with E-state index in [1.165, 1.54) is 10.9 Å². The van der Waals surface area contributed by atoms with Crippen molar-refractivity contribution in [3.8, 4) is 18.2 Å². The van der Waals surface area contributed by atoms with Crippen LogP contribution in [-0.4, -0.2) is 57.3 Å². The van der Waals surface area contributed by atoms with E-state index in [0.717, 1.165) is 10.4 Å². The van der Waals surface area contributed by atoms with Crippen molar-refractivity contribution in [3.63, 3.8) is 0 Å². The van der Waals surface area contributed by atoms with Crippen LogP contribution in [0, 0.1) is 18.4 Å². The number of hydrogen-bond acceptors (Lipinski definition) is 8. The van der Waals surface area contributed by atoms with Crippen molar-refractivity contribution in [1.82, 2.24) is 19.5 Å². The number of fused-ring (bicyclic) bond motifs is 1. The van der Waals surface area contributed by atoms with Gasteiger partial charge in [0.25, 0.3) is 14.2 Å². The third kappa shape index (κ3) is 4.98. The molecule has 1 fully saturated rings. The van der Waals surface area contributed by atoms with Crippen LogP contribution < -0.4 is 20.8 Å². The molecule has 0 aliphatic carbocycles. The van der Waals surface area contributed by atoms with Crippen molar-refractivity contribution in [1.29, 1.82) is 0 Å². The number of rotatable bonds is 7. The Kier molecular flexibility index (Phi) is 7.39. The number of ether oxygens (including phenoxy) is 2. The first-order valence-corrected chi connectivity index (χ1v) is 14.9. The fraction of sp³-hybridized carbons (Fsp3) is 0.310. The van der Waals surface area contributed by atoms with Crippen molar-refractivity contribution in [3.05, 3.63) is 73.1 Å². The highest BCUT2D eigenvalue weighted by atomic mass is 28.4. The lowest BCUT2D eigenvalue weighted by Crippen LogP contribution is -2.68. The second kappa shape index (κ2) is 10.7. The van der Waals surface area contributed by atoms with Gasteiger partial charge in [-0.3, -0.25) is 4.57 Å². The molecule has 12 heteroatoms. The standard InChI is InChI=1S/C29H30FN5O5Si/c1-5-29(17-38-41(28(2,3)4,19-12-8-6-9-13-19)20-14-10-7-11-15-20)21(36)16-22(40-29)35-18-32-23-24(35)33-26(30)34-25(23)39-27(31)37/h1,6-15,18,21-22,36H,16-17H2,2-4H3,(H2,31,37)/t21-,22+,29+/m0/s1. The second-order valence-corrected chi connectivity index (χ2v) is 15.2. The quantitative estimate of drug-likeness (QED) is 0.195. The summed E-state index contributed by atoms with van der Waals surface area (Å²) in [6.07, 6.45) is 3.02. The summed E-state index contributed by atoms with van der Waals surface area (Å²) >= 11 is 0. The van der Waals surface area contributed by atoms with Gasteiger partial charge in [-0.1, -0.05) is 87.4 Å². The Morgan fingerprint density at radius 3 is 2.34 bits per heavy atom. The largest absolute Gasteiger partial charge is 0.411 e. The zero-order chi connectivity index (χ0) is 29.4. The monoisotopic (exact) mass is 575 g/mol. The van der Waals surface area contributed by atoms with Crippen LogP contribution in [0.4, 0.5) is 9.18 Å². The minimum absolute atomic E-state index is 0.00920. The first-order chi connectivity index (χ1) is 19.5. The number of nitrogens with two attached hydrogens (primary N) is 1. The van der Waals surface area contributed by atoms with Crippen LogP contribution in [0.5, 0.6) is 5.88 Å². The van der Waals surface area contributed by atoms with E-state index in [9.17, 15) is 14.3 Å². The number of benzene rings is 2. The molecule has 1 aliphatic heterocycles. The molecule has 3 N–H and O–H groups in total. The van der Waals surface area contributed by atoms with Crippen LogP contribution in [0.15, 0.2) is 67.0 Å². The molecular formula is C29H30FN5O5Si. The molecule has 0 radical (unpaired) electrons. The summed E-state index contributed by atoms with van der Waals surface area (Å²) < 4.78 is 33.7. The second-order valence-electron chi connectivity index (χ2n) is 10.9. The number of carbonyl (C=O) groups is 1. The lowest BCUT2D eigenvalue weighted by molar-refractivity contribution is -0.0857. The smallest absolute Gasteiger partial charge is 0.403 e. The number of amides is 1.